The second-order valence-corrected chi connectivity index (χ2v) is 7.70. The molecule has 1 fully saturated rings. The van der Waals surface area contributed by atoms with Gasteiger partial charge < -0.3 is 14.6 Å². The maximum atomic E-state index is 13.6. The van der Waals surface area contributed by atoms with Crippen molar-refractivity contribution in [2.75, 3.05) is 11.7 Å². The molecule has 1 atom stereocenters. The largest absolute Gasteiger partial charge is 0.507 e. The molecule has 8 heteroatoms. The minimum absolute atomic E-state index is 0.0499. The molecule has 3 aromatic rings. The lowest BCUT2D eigenvalue weighted by Crippen LogP contribution is -2.29. The molecule has 0 radical (unpaired) electrons. The highest BCUT2D eigenvalue weighted by atomic mass is 35.5. The van der Waals surface area contributed by atoms with Gasteiger partial charge >= 0.3 is 0 Å². The highest BCUT2D eigenvalue weighted by Crippen LogP contribution is 2.43. The van der Waals surface area contributed by atoms with Gasteiger partial charge in [-0.05, 0) is 54.1 Å². The number of ketones is 1. The first-order valence-corrected chi connectivity index (χ1v) is 10.0. The third-order valence-electron chi connectivity index (χ3n) is 5.36. The van der Waals surface area contributed by atoms with E-state index in [4.69, 9.17) is 21.1 Å². The second-order valence-electron chi connectivity index (χ2n) is 7.27. The van der Waals surface area contributed by atoms with Gasteiger partial charge in [0.1, 0.15) is 11.6 Å². The van der Waals surface area contributed by atoms with Crippen LogP contribution in [0.5, 0.6) is 11.5 Å². The number of benzene rings is 3. The predicted molar refractivity (Wildman–Crippen MR) is 115 cm³/mol. The average Bonchev–Trinajstić information content (AvgIpc) is 3.36. The van der Waals surface area contributed by atoms with Crippen LogP contribution in [0.4, 0.5) is 10.1 Å². The summed E-state index contributed by atoms with van der Waals surface area (Å²) in [7, 11) is 0. The van der Waals surface area contributed by atoms with Gasteiger partial charge in [0.05, 0.1) is 11.6 Å². The van der Waals surface area contributed by atoms with Crippen molar-refractivity contribution >= 4 is 34.7 Å². The molecule has 0 aromatic heterocycles. The molecule has 0 saturated carbocycles. The fourth-order valence-corrected chi connectivity index (χ4v) is 4.07. The maximum absolute atomic E-state index is 13.6. The van der Waals surface area contributed by atoms with Crippen LogP contribution in [-0.2, 0) is 9.59 Å². The van der Waals surface area contributed by atoms with Gasteiger partial charge in [-0.2, -0.15) is 0 Å². The van der Waals surface area contributed by atoms with Crippen molar-refractivity contribution in [2.24, 2.45) is 0 Å². The Morgan fingerprint density at radius 3 is 2.50 bits per heavy atom. The molecule has 3 aromatic carbocycles. The van der Waals surface area contributed by atoms with Gasteiger partial charge in [0.25, 0.3) is 11.7 Å². The van der Waals surface area contributed by atoms with Gasteiger partial charge in [0, 0.05) is 16.3 Å². The standard InChI is InChI=1S/C24H15ClFNO5/c25-15-2-1-3-17(11-15)27-21(13-4-7-16(26)8-5-13)20(23(29)24(27)30)22(28)14-6-9-18-19(10-14)32-12-31-18/h1-11,21,28H,12H2/b22-20-. The normalized spacial score (nSPS) is 18.9. The number of anilines is 1. The molecule has 0 aliphatic carbocycles. The first-order valence-electron chi connectivity index (χ1n) is 9.66. The summed E-state index contributed by atoms with van der Waals surface area (Å²) in [5, 5.41) is 11.5. The van der Waals surface area contributed by atoms with E-state index >= 15 is 0 Å². The second kappa shape index (κ2) is 7.69. The van der Waals surface area contributed by atoms with Gasteiger partial charge in [-0.15, -0.1) is 0 Å². The topological polar surface area (TPSA) is 76.1 Å². The lowest BCUT2D eigenvalue weighted by molar-refractivity contribution is -0.132. The van der Waals surface area contributed by atoms with Crippen LogP contribution in [0.1, 0.15) is 17.2 Å². The highest BCUT2D eigenvalue weighted by Gasteiger charge is 2.47. The van der Waals surface area contributed by atoms with Crippen LogP contribution >= 0.6 is 11.6 Å². The summed E-state index contributed by atoms with van der Waals surface area (Å²) in [6, 6.07) is 15.6. The maximum Gasteiger partial charge on any atom is 0.300 e. The Hall–Kier alpha value is -3.84. The van der Waals surface area contributed by atoms with Crippen LogP contribution in [0.15, 0.2) is 72.3 Å². The van der Waals surface area contributed by atoms with Crippen LogP contribution in [0.3, 0.4) is 0 Å². The zero-order chi connectivity index (χ0) is 22.4. The Morgan fingerprint density at radius 1 is 1.00 bits per heavy atom. The van der Waals surface area contributed by atoms with E-state index in [1.165, 1.54) is 35.2 Å². The molecular weight excluding hydrogens is 437 g/mol. The number of carbonyl (C=O) groups excluding carboxylic acids is 2. The van der Waals surface area contributed by atoms with Crippen molar-refractivity contribution in [3.8, 4) is 11.5 Å². The molecule has 1 saturated heterocycles. The van der Waals surface area contributed by atoms with Crippen molar-refractivity contribution < 1.29 is 28.6 Å². The Kier molecular flexibility index (Phi) is 4.83. The zero-order valence-electron chi connectivity index (χ0n) is 16.4. The summed E-state index contributed by atoms with van der Waals surface area (Å²) in [5.74, 6) is -1.62. The molecular formula is C24H15ClFNO5. The molecule has 160 valence electrons. The molecule has 5 rings (SSSR count). The lowest BCUT2D eigenvalue weighted by Gasteiger charge is -2.25. The van der Waals surface area contributed by atoms with Gasteiger partial charge in [-0.1, -0.05) is 29.8 Å². The summed E-state index contributed by atoms with van der Waals surface area (Å²) in [6.07, 6.45) is 0. The van der Waals surface area contributed by atoms with Crippen molar-refractivity contribution in [2.45, 2.75) is 6.04 Å². The zero-order valence-corrected chi connectivity index (χ0v) is 17.2. The number of Topliss-reactive ketones (excluding diaryl/α,β-unsaturated/α-hetero) is 1. The molecule has 0 spiro atoms. The number of ether oxygens (including phenoxy) is 2. The number of hydrogen-bond donors (Lipinski definition) is 1. The van der Waals surface area contributed by atoms with Gasteiger partial charge in [0.2, 0.25) is 6.79 Å². The smallest absolute Gasteiger partial charge is 0.300 e. The molecule has 1 N–H and O–H groups in total. The number of hydrogen-bond acceptors (Lipinski definition) is 5. The first-order chi connectivity index (χ1) is 15.4. The molecule has 0 bridgehead atoms. The summed E-state index contributed by atoms with van der Waals surface area (Å²) in [6.45, 7) is 0.0499. The van der Waals surface area contributed by atoms with Crippen molar-refractivity contribution in [1.82, 2.24) is 0 Å². The van der Waals surface area contributed by atoms with E-state index in [9.17, 15) is 19.1 Å². The van der Waals surface area contributed by atoms with Crippen molar-refractivity contribution in [3.05, 3.63) is 94.3 Å². The molecule has 6 nitrogen and oxygen atoms in total. The Morgan fingerprint density at radius 2 is 1.75 bits per heavy atom. The SMILES string of the molecule is O=C1C(=O)N(c2cccc(Cl)c2)C(c2ccc(F)cc2)/C1=C(/O)c1ccc2c(c1)OCO2. The van der Waals surface area contributed by atoms with Crippen molar-refractivity contribution in [1.29, 1.82) is 0 Å². The Labute approximate surface area is 187 Å². The number of nitrogens with zero attached hydrogens (tertiary/aromatic N) is 1. The lowest BCUT2D eigenvalue weighted by atomic mass is 9.95. The third kappa shape index (κ3) is 3.27. The average molecular weight is 452 g/mol. The number of fused-ring (bicyclic) bond motifs is 1. The van der Waals surface area contributed by atoms with E-state index in [0.29, 0.717) is 27.8 Å². The molecule has 2 heterocycles. The molecule has 1 amide bonds. The fourth-order valence-electron chi connectivity index (χ4n) is 3.88. The summed E-state index contributed by atoms with van der Waals surface area (Å²) in [4.78, 5) is 27.4. The molecule has 2 aliphatic heterocycles. The van der Waals surface area contributed by atoms with E-state index < -0.39 is 23.5 Å². The van der Waals surface area contributed by atoms with Crippen LogP contribution in [0.25, 0.3) is 5.76 Å². The van der Waals surface area contributed by atoms with Crippen LogP contribution in [0, 0.1) is 5.82 Å². The van der Waals surface area contributed by atoms with Gasteiger partial charge in [-0.25, -0.2) is 4.39 Å². The van der Waals surface area contributed by atoms with E-state index in [1.54, 1.807) is 36.4 Å². The van der Waals surface area contributed by atoms with E-state index in [0.717, 1.165) is 0 Å². The summed E-state index contributed by atoms with van der Waals surface area (Å²) in [5.41, 5.74) is 0.984. The van der Waals surface area contributed by atoms with E-state index in [-0.39, 0.29) is 23.7 Å². The van der Waals surface area contributed by atoms with Crippen LogP contribution in [0.2, 0.25) is 5.02 Å². The Bertz CT molecular complexity index is 1290. The number of amides is 1. The first kappa shape index (κ1) is 20.1. The monoisotopic (exact) mass is 451 g/mol. The fraction of sp³-hybridized carbons (Fsp3) is 0.0833. The van der Waals surface area contributed by atoms with Gasteiger partial charge in [0.15, 0.2) is 11.5 Å². The summed E-state index contributed by atoms with van der Waals surface area (Å²) < 4.78 is 24.2. The van der Waals surface area contributed by atoms with Crippen molar-refractivity contribution in [3.63, 3.8) is 0 Å². The third-order valence-corrected chi connectivity index (χ3v) is 5.60. The molecule has 1 unspecified atom stereocenters. The number of halogens is 2. The summed E-state index contributed by atoms with van der Waals surface area (Å²) >= 11 is 6.11. The number of aliphatic hydroxyl groups is 1. The number of aliphatic hydroxyl groups excluding tert-OH is 1. The number of carbonyl (C=O) groups is 2. The van der Waals surface area contributed by atoms with Gasteiger partial charge in [-0.3, -0.25) is 14.5 Å². The minimum atomic E-state index is -0.987. The van der Waals surface area contributed by atoms with Crippen LogP contribution < -0.4 is 14.4 Å². The molecule has 32 heavy (non-hydrogen) atoms. The predicted octanol–water partition coefficient (Wildman–Crippen LogP) is 4.83. The van der Waals surface area contributed by atoms with Crippen LogP contribution in [-0.4, -0.2) is 23.6 Å². The highest BCUT2D eigenvalue weighted by molar-refractivity contribution is 6.51. The molecule has 2 aliphatic rings. The van der Waals surface area contributed by atoms with E-state index in [2.05, 4.69) is 0 Å². The van der Waals surface area contributed by atoms with E-state index in [1.807, 2.05) is 0 Å². The Balaban J connectivity index is 1.71. The minimum Gasteiger partial charge on any atom is -0.507 e. The number of rotatable bonds is 3. The quantitative estimate of drug-likeness (QED) is 0.350.